The van der Waals surface area contributed by atoms with Gasteiger partial charge in [0.05, 0.1) is 30.4 Å². The molecule has 0 spiro atoms. The topological polar surface area (TPSA) is 107 Å². The Hall–Kier alpha value is -3.81. The lowest BCUT2D eigenvalue weighted by atomic mass is 10.1. The van der Waals surface area contributed by atoms with E-state index in [-0.39, 0.29) is 24.2 Å². The molecule has 8 nitrogen and oxygen atoms in total. The summed E-state index contributed by atoms with van der Waals surface area (Å²) in [5, 5.41) is 7.18. The van der Waals surface area contributed by atoms with Crippen LogP contribution in [0.3, 0.4) is 0 Å². The van der Waals surface area contributed by atoms with E-state index in [1.807, 2.05) is 0 Å². The monoisotopic (exact) mass is 407 g/mol. The van der Waals surface area contributed by atoms with Crippen molar-refractivity contribution in [1.29, 1.82) is 0 Å². The Bertz CT molecular complexity index is 1170. The third-order valence-electron chi connectivity index (χ3n) is 4.53. The average molecular weight is 407 g/mol. The summed E-state index contributed by atoms with van der Waals surface area (Å²) in [4.78, 5) is 48.1. The van der Waals surface area contributed by atoms with Gasteiger partial charge in [0.1, 0.15) is 0 Å². The Kier molecular flexibility index (Phi) is 6.36. The molecule has 8 heteroatoms. The zero-order valence-electron chi connectivity index (χ0n) is 16.6. The largest absolute Gasteiger partial charge is 0.452 e. The number of esters is 1. The Labute approximate surface area is 172 Å². The van der Waals surface area contributed by atoms with Crippen molar-refractivity contribution < 1.29 is 19.1 Å². The number of Topliss-reactive ketones (excluding diaryl/α,β-unsaturated/α-hetero) is 1. The van der Waals surface area contributed by atoms with Crippen LogP contribution < -0.4 is 10.7 Å². The van der Waals surface area contributed by atoms with Gasteiger partial charge in [0.2, 0.25) is 5.43 Å². The second kappa shape index (κ2) is 9.13. The minimum absolute atomic E-state index is 0.0263. The van der Waals surface area contributed by atoms with Crippen molar-refractivity contribution in [2.45, 2.75) is 32.9 Å². The molecule has 3 rings (SSSR count). The van der Waals surface area contributed by atoms with Crippen LogP contribution in [0, 0.1) is 0 Å². The van der Waals surface area contributed by atoms with E-state index >= 15 is 0 Å². The molecule has 0 saturated carbocycles. The fraction of sp³-hybridized carbons (Fsp3) is 0.227. The maximum Gasteiger partial charge on any atom is 0.308 e. The van der Waals surface area contributed by atoms with Crippen molar-refractivity contribution >= 4 is 34.3 Å². The molecule has 1 heterocycles. The first kappa shape index (κ1) is 20.9. The summed E-state index contributed by atoms with van der Waals surface area (Å²) in [6, 6.07) is 13.6. The smallest absolute Gasteiger partial charge is 0.308 e. The standard InChI is InChI=1S/C22H21N3O5/c1-14(26)16-7-3-5-9-18(16)24-22(29)15(2)30-21(28)11-12-25-19-10-6-4-8-17(19)20(27)13-23-25/h3-10,13,15H,11-12H2,1-2H3,(H,24,29)/t15-/m1/s1. The van der Waals surface area contributed by atoms with Gasteiger partial charge in [-0.3, -0.25) is 23.9 Å². The second-order valence-corrected chi connectivity index (χ2v) is 6.72. The lowest BCUT2D eigenvalue weighted by molar-refractivity contribution is -0.153. The maximum absolute atomic E-state index is 12.4. The van der Waals surface area contributed by atoms with Crippen molar-refractivity contribution in [3.05, 3.63) is 70.5 Å². The van der Waals surface area contributed by atoms with Crippen LogP contribution in [0.25, 0.3) is 10.9 Å². The summed E-state index contributed by atoms with van der Waals surface area (Å²) >= 11 is 0. The van der Waals surface area contributed by atoms with Crippen molar-refractivity contribution in [2.75, 3.05) is 5.32 Å². The molecule has 30 heavy (non-hydrogen) atoms. The van der Waals surface area contributed by atoms with E-state index < -0.39 is 18.0 Å². The highest BCUT2D eigenvalue weighted by molar-refractivity contribution is 6.04. The summed E-state index contributed by atoms with van der Waals surface area (Å²) in [6.07, 6.45) is 0.133. The highest BCUT2D eigenvalue weighted by Gasteiger charge is 2.19. The maximum atomic E-state index is 12.4. The van der Waals surface area contributed by atoms with Crippen LogP contribution in [0.15, 0.2) is 59.5 Å². The molecule has 0 radical (unpaired) electrons. The van der Waals surface area contributed by atoms with E-state index in [0.29, 0.717) is 22.2 Å². The van der Waals surface area contributed by atoms with Gasteiger partial charge < -0.3 is 10.1 Å². The molecule has 0 unspecified atom stereocenters. The van der Waals surface area contributed by atoms with Crippen LogP contribution >= 0.6 is 0 Å². The van der Waals surface area contributed by atoms with E-state index in [4.69, 9.17) is 4.74 Å². The zero-order chi connectivity index (χ0) is 21.7. The molecule has 1 N–H and O–H groups in total. The summed E-state index contributed by atoms with van der Waals surface area (Å²) < 4.78 is 6.75. The first-order chi connectivity index (χ1) is 14.4. The summed E-state index contributed by atoms with van der Waals surface area (Å²) in [6.45, 7) is 3.06. The summed E-state index contributed by atoms with van der Waals surface area (Å²) in [5.74, 6) is -1.30. The number of para-hydroxylation sites is 2. The number of hydrogen-bond donors (Lipinski definition) is 1. The van der Waals surface area contributed by atoms with Crippen LogP contribution in [0.1, 0.15) is 30.6 Å². The minimum Gasteiger partial charge on any atom is -0.452 e. The lowest BCUT2D eigenvalue weighted by Gasteiger charge is -2.15. The van der Waals surface area contributed by atoms with Gasteiger partial charge in [0, 0.05) is 10.9 Å². The van der Waals surface area contributed by atoms with E-state index in [0.717, 1.165) is 0 Å². The first-order valence-electron chi connectivity index (χ1n) is 9.42. The van der Waals surface area contributed by atoms with Gasteiger partial charge in [-0.15, -0.1) is 0 Å². The molecule has 1 amide bonds. The Balaban J connectivity index is 1.60. The molecule has 3 aromatic rings. The van der Waals surface area contributed by atoms with Crippen molar-refractivity contribution in [3.63, 3.8) is 0 Å². The number of carbonyl (C=O) groups excluding carboxylic acids is 3. The Morgan fingerprint density at radius 1 is 1.10 bits per heavy atom. The van der Waals surface area contributed by atoms with Crippen molar-refractivity contribution in [3.8, 4) is 0 Å². The van der Waals surface area contributed by atoms with Gasteiger partial charge in [-0.2, -0.15) is 5.10 Å². The predicted octanol–water partition coefficient (Wildman–Crippen LogP) is 2.56. The molecular weight excluding hydrogens is 386 g/mol. The molecule has 1 atom stereocenters. The SMILES string of the molecule is CC(=O)c1ccccc1NC(=O)[C@@H](C)OC(=O)CCn1ncc(=O)c2ccccc21. The van der Waals surface area contributed by atoms with Crippen LogP contribution in [0.2, 0.25) is 0 Å². The van der Waals surface area contributed by atoms with Crippen LogP contribution in [-0.2, 0) is 20.9 Å². The van der Waals surface area contributed by atoms with Crippen molar-refractivity contribution in [2.24, 2.45) is 0 Å². The second-order valence-electron chi connectivity index (χ2n) is 6.72. The summed E-state index contributed by atoms with van der Waals surface area (Å²) in [5.41, 5.74) is 1.16. The fourth-order valence-corrected chi connectivity index (χ4v) is 2.98. The number of amides is 1. The number of ketones is 1. The van der Waals surface area contributed by atoms with E-state index in [1.165, 1.54) is 20.0 Å². The number of benzene rings is 2. The third-order valence-corrected chi connectivity index (χ3v) is 4.53. The van der Waals surface area contributed by atoms with Crippen LogP contribution in [0.4, 0.5) is 5.69 Å². The van der Waals surface area contributed by atoms with Gasteiger partial charge in [-0.25, -0.2) is 0 Å². The molecule has 0 aliphatic heterocycles. The van der Waals surface area contributed by atoms with Gasteiger partial charge >= 0.3 is 5.97 Å². The number of fused-ring (bicyclic) bond motifs is 1. The number of nitrogens with zero attached hydrogens (tertiary/aromatic N) is 2. The molecular formula is C22H21N3O5. The van der Waals surface area contributed by atoms with Gasteiger partial charge in [0.15, 0.2) is 11.9 Å². The third kappa shape index (κ3) is 4.78. The molecule has 0 saturated heterocycles. The van der Waals surface area contributed by atoms with E-state index in [1.54, 1.807) is 53.2 Å². The number of aromatic nitrogens is 2. The molecule has 154 valence electrons. The predicted molar refractivity (Wildman–Crippen MR) is 111 cm³/mol. The highest BCUT2D eigenvalue weighted by Crippen LogP contribution is 2.16. The fourth-order valence-electron chi connectivity index (χ4n) is 2.98. The van der Waals surface area contributed by atoms with E-state index in [9.17, 15) is 19.2 Å². The molecule has 1 aromatic heterocycles. The zero-order valence-corrected chi connectivity index (χ0v) is 16.6. The van der Waals surface area contributed by atoms with Crippen LogP contribution in [0.5, 0.6) is 0 Å². The molecule has 0 aliphatic carbocycles. The Morgan fingerprint density at radius 2 is 1.80 bits per heavy atom. The molecule has 0 bridgehead atoms. The number of carbonyl (C=O) groups is 3. The number of hydrogen-bond acceptors (Lipinski definition) is 6. The van der Waals surface area contributed by atoms with Crippen molar-refractivity contribution in [1.82, 2.24) is 9.78 Å². The van der Waals surface area contributed by atoms with Crippen LogP contribution in [-0.4, -0.2) is 33.5 Å². The van der Waals surface area contributed by atoms with Gasteiger partial charge in [0.25, 0.3) is 5.91 Å². The number of nitrogens with one attached hydrogen (secondary N) is 1. The first-order valence-corrected chi connectivity index (χ1v) is 9.42. The lowest BCUT2D eigenvalue weighted by Crippen LogP contribution is -2.30. The summed E-state index contributed by atoms with van der Waals surface area (Å²) in [7, 11) is 0. The number of anilines is 1. The molecule has 0 fully saturated rings. The average Bonchev–Trinajstić information content (AvgIpc) is 2.73. The minimum atomic E-state index is -1.05. The van der Waals surface area contributed by atoms with E-state index in [2.05, 4.69) is 10.4 Å². The normalized spacial score (nSPS) is 11.7. The number of rotatable bonds is 7. The highest BCUT2D eigenvalue weighted by atomic mass is 16.5. The Morgan fingerprint density at radius 3 is 2.57 bits per heavy atom. The van der Waals surface area contributed by atoms with Gasteiger partial charge in [-0.1, -0.05) is 24.3 Å². The number of aryl methyl sites for hydroxylation is 1. The van der Waals surface area contributed by atoms with Gasteiger partial charge in [-0.05, 0) is 38.1 Å². The molecule has 2 aromatic carbocycles. The quantitative estimate of drug-likeness (QED) is 0.476. The molecule has 0 aliphatic rings. The number of ether oxygens (including phenoxy) is 1.